The Morgan fingerprint density at radius 1 is 1.00 bits per heavy atom. The van der Waals surface area contributed by atoms with Crippen molar-refractivity contribution in [2.45, 2.75) is 57.8 Å². The third-order valence-corrected chi connectivity index (χ3v) is 7.33. The number of methoxy groups -OCH3 is 1. The van der Waals surface area contributed by atoms with Crippen molar-refractivity contribution in [2.24, 2.45) is 0 Å². The molecule has 2 nitrogen and oxygen atoms in total. The van der Waals surface area contributed by atoms with E-state index in [0.717, 1.165) is 12.2 Å². The molecule has 3 aromatic rings. The Hall–Kier alpha value is -1.58. The van der Waals surface area contributed by atoms with E-state index in [9.17, 15) is 0 Å². The van der Waals surface area contributed by atoms with Gasteiger partial charge in [0.25, 0.3) is 0 Å². The Balaban J connectivity index is 0.00000180. The van der Waals surface area contributed by atoms with Crippen molar-refractivity contribution in [3.8, 4) is 16.9 Å². The van der Waals surface area contributed by atoms with E-state index in [1.165, 1.54) is 71.1 Å². The van der Waals surface area contributed by atoms with Crippen LogP contribution < -0.4 is 4.74 Å². The highest BCUT2D eigenvalue weighted by Gasteiger charge is 2.27. The van der Waals surface area contributed by atoms with Gasteiger partial charge in [0.15, 0.2) is 0 Å². The summed E-state index contributed by atoms with van der Waals surface area (Å²) in [5.74, 6) is 1.49. The van der Waals surface area contributed by atoms with Gasteiger partial charge in [0.1, 0.15) is 10.6 Å². The second kappa shape index (κ2) is 7.44. The summed E-state index contributed by atoms with van der Waals surface area (Å²) < 4.78 is 5.39. The maximum Gasteiger partial charge on any atom is 0.124 e. The minimum Gasteiger partial charge on any atom is -0.497 e. The summed E-state index contributed by atoms with van der Waals surface area (Å²) in [6, 6.07) is 8.66. The molecule has 0 spiro atoms. The van der Waals surface area contributed by atoms with Crippen molar-refractivity contribution >= 4 is 34.0 Å². The van der Waals surface area contributed by atoms with Gasteiger partial charge in [0.2, 0.25) is 0 Å². The molecule has 142 valence electrons. The molecular weight excluding hydrogens is 374 g/mol. The van der Waals surface area contributed by atoms with Crippen LogP contribution in [0.4, 0.5) is 0 Å². The third-order valence-electron chi connectivity index (χ3n) is 6.15. The largest absolute Gasteiger partial charge is 0.497 e. The molecule has 5 rings (SSSR count). The van der Waals surface area contributed by atoms with Gasteiger partial charge in [-0.3, -0.25) is 0 Å². The fourth-order valence-electron chi connectivity index (χ4n) is 4.80. The van der Waals surface area contributed by atoms with Gasteiger partial charge in [0.05, 0.1) is 7.11 Å². The minimum atomic E-state index is 0. The van der Waals surface area contributed by atoms with Crippen LogP contribution in [0.25, 0.3) is 21.3 Å². The topological polar surface area (TPSA) is 22.1 Å². The summed E-state index contributed by atoms with van der Waals surface area (Å²) >= 11 is 1.96. The fraction of sp³-hybridized carbons (Fsp3) is 0.435. The SMILES string of the molecule is COc1ccc(-c2c3c(nc4sc5c(c24)CCCC5)C(C)CCC3)cc1.Cl. The summed E-state index contributed by atoms with van der Waals surface area (Å²) in [5.41, 5.74) is 7.25. The summed E-state index contributed by atoms with van der Waals surface area (Å²) in [6.45, 7) is 2.35. The highest BCUT2D eigenvalue weighted by molar-refractivity contribution is 7.19. The molecule has 0 bridgehead atoms. The lowest BCUT2D eigenvalue weighted by Crippen LogP contribution is -2.11. The van der Waals surface area contributed by atoms with E-state index in [4.69, 9.17) is 9.72 Å². The van der Waals surface area contributed by atoms with E-state index < -0.39 is 0 Å². The molecule has 1 atom stereocenters. The summed E-state index contributed by atoms with van der Waals surface area (Å²) in [6.07, 6.45) is 8.79. The number of benzene rings is 1. The third kappa shape index (κ3) is 3.05. The quantitative estimate of drug-likeness (QED) is 0.477. The number of rotatable bonds is 2. The van der Waals surface area contributed by atoms with Gasteiger partial charge in [-0.25, -0.2) is 4.98 Å². The van der Waals surface area contributed by atoms with Gasteiger partial charge in [0, 0.05) is 16.0 Å². The average molecular weight is 400 g/mol. The van der Waals surface area contributed by atoms with Crippen molar-refractivity contribution in [2.75, 3.05) is 7.11 Å². The Morgan fingerprint density at radius 2 is 1.74 bits per heavy atom. The molecule has 1 unspecified atom stereocenters. The fourth-order valence-corrected chi connectivity index (χ4v) is 6.08. The minimum absolute atomic E-state index is 0. The summed E-state index contributed by atoms with van der Waals surface area (Å²) in [4.78, 5) is 8.08. The number of aromatic nitrogens is 1. The van der Waals surface area contributed by atoms with E-state index >= 15 is 0 Å². The first-order chi connectivity index (χ1) is 12.8. The summed E-state index contributed by atoms with van der Waals surface area (Å²) in [5, 5.41) is 1.46. The number of hydrogen-bond donors (Lipinski definition) is 0. The molecule has 0 aliphatic heterocycles. The van der Waals surface area contributed by atoms with Gasteiger partial charge in [-0.1, -0.05) is 19.1 Å². The van der Waals surface area contributed by atoms with Crippen LogP contribution in [-0.4, -0.2) is 12.1 Å². The molecule has 4 heteroatoms. The molecule has 0 fully saturated rings. The highest BCUT2D eigenvalue weighted by atomic mass is 35.5. The van der Waals surface area contributed by atoms with Crippen LogP contribution in [0.15, 0.2) is 24.3 Å². The van der Waals surface area contributed by atoms with Crippen LogP contribution in [0.1, 0.15) is 60.2 Å². The Kier molecular flexibility index (Phi) is 5.17. The van der Waals surface area contributed by atoms with E-state index in [1.807, 2.05) is 11.3 Å². The zero-order valence-corrected chi connectivity index (χ0v) is 17.6. The Bertz CT molecular complexity index is 976. The van der Waals surface area contributed by atoms with Crippen LogP contribution >= 0.6 is 23.7 Å². The molecule has 2 aliphatic rings. The molecule has 2 aliphatic carbocycles. The van der Waals surface area contributed by atoms with Gasteiger partial charge in [-0.15, -0.1) is 23.7 Å². The van der Waals surface area contributed by atoms with Crippen LogP contribution in [0.2, 0.25) is 0 Å². The van der Waals surface area contributed by atoms with Crippen molar-refractivity contribution < 1.29 is 4.74 Å². The first kappa shape index (κ1) is 18.8. The number of pyridine rings is 1. The van der Waals surface area contributed by atoms with E-state index in [2.05, 4.69) is 31.2 Å². The molecule has 1 aromatic carbocycles. The van der Waals surface area contributed by atoms with E-state index in [1.54, 1.807) is 17.6 Å². The molecule has 0 radical (unpaired) electrons. The Labute approximate surface area is 171 Å². The van der Waals surface area contributed by atoms with Crippen molar-refractivity contribution in [3.05, 3.63) is 46.0 Å². The number of nitrogens with zero attached hydrogens (tertiary/aromatic N) is 1. The smallest absolute Gasteiger partial charge is 0.124 e. The first-order valence-corrected chi connectivity index (χ1v) is 10.7. The monoisotopic (exact) mass is 399 g/mol. The van der Waals surface area contributed by atoms with E-state index in [0.29, 0.717) is 5.92 Å². The molecule has 0 amide bonds. The zero-order valence-electron chi connectivity index (χ0n) is 16.0. The van der Waals surface area contributed by atoms with Gasteiger partial charge >= 0.3 is 0 Å². The lowest BCUT2D eigenvalue weighted by atomic mass is 9.81. The molecular formula is C23H26ClNOS. The second-order valence-corrected chi connectivity index (χ2v) is 8.85. The van der Waals surface area contributed by atoms with Gasteiger partial charge in [-0.05, 0) is 85.3 Å². The predicted octanol–water partition coefficient (Wildman–Crippen LogP) is 6.71. The lowest BCUT2D eigenvalue weighted by Gasteiger charge is -2.25. The van der Waals surface area contributed by atoms with Crippen LogP contribution in [0.3, 0.4) is 0 Å². The van der Waals surface area contributed by atoms with Crippen LogP contribution in [-0.2, 0) is 19.3 Å². The van der Waals surface area contributed by atoms with Crippen molar-refractivity contribution in [1.82, 2.24) is 4.98 Å². The molecule has 27 heavy (non-hydrogen) atoms. The van der Waals surface area contributed by atoms with Crippen LogP contribution in [0, 0.1) is 0 Å². The second-order valence-electron chi connectivity index (χ2n) is 7.76. The molecule has 2 aromatic heterocycles. The zero-order chi connectivity index (χ0) is 17.7. The normalized spacial score (nSPS) is 18.5. The maximum absolute atomic E-state index is 5.39. The highest BCUT2D eigenvalue weighted by Crippen LogP contribution is 2.46. The van der Waals surface area contributed by atoms with E-state index in [-0.39, 0.29) is 12.4 Å². The average Bonchev–Trinajstić information content (AvgIpc) is 3.05. The van der Waals surface area contributed by atoms with Crippen LogP contribution in [0.5, 0.6) is 5.75 Å². The maximum atomic E-state index is 5.39. The molecule has 0 saturated carbocycles. The standard InChI is InChI=1S/C23H25NOS.ClH/c1-14-6-5-8-18-20(15-10-12-16(25-2)13-11-15)21-17-7-3-4-9-19(17)26-23(21)24-22(14)18;/h10-14H,3-9H2,1-2H3;1H. The molecule has 2 heterocycles. The molecule has 0 saturated heterocycles. The van der Waals surface area contributed by atoms with Crippen molar-refractivity contribution in [3.63, 3.8) is 0 Å². The van der Waals surface area contributed by atoms with Gasteiger partial charge < -0.3 is 4.74 Å². The number of hydrogen-bond acceptors (Lipinski definition) is 3. The number of thiophene rings is 1. The van der Waals surface area contributed by atoms with Crippen molar-refractivity contribution in [1.29, 1.82) is 0 Å². The number of halogens is 1. The predicted molar refractivity (Wildman–Crippen MR) is 117 cm³/mol. The molecule has 0 N–H and O–H groups in total. The lowest BCUT2D eigenvalue weighted by molar-refractivity contribution is 0.415. The Morgan fingerprint density at radius 3 is 2.52 bits per heavy atom. The number of ether oxygens (including phenoxy) is 1. The number of fused-ring (bicyclic) bond motifs is 4. The number of aryl methyl sites for hydroxylation is 2. The van der Waals surface area contributed by atoms with Gasteiger partial charge in [-0.2, -0.15) is 0 Å². The first-order valence-electron chi connectivity index (χ1n) is 9.87. The summed E-state index contributed by atoms with van der Waals surface area (Å²) in [7, 11) is 1.73.